The first-order valence-electron chi connectivity index (χ1n) is 9.59. The fourth-order valence-corrected chi connectivity index (χ4v) is 4.15. The molecule has 0 bridgehead atoms. The number of carbonyl (C=O) groups is 2. The summed E-state index contributed by atoms with van der Waals surface area (Å²) >= 11 is 6.15. The average molecular weight is 387 g/mol. The number of fused-ring (bicyclic) bond motifs is 1. The van der Waals surface area contributed by atoms with E-state index < -0.39 is 0 Å². The number of carbonyl (C=O) groups excluding carboxylic acids is 2. The molecule has 1 aliphatic carbocycles. The van der Waals surface area contributed by atoms with Crippen LogP contribution < -0.4 is 10.6 Å². The lowest BCUT2D eigenvalue weighted by Gasteiger charge is -2.18. The van der Waals surface area contributed by atoms with Gasteiger partial charge >= 0.3 is 0 Å². The molecular weight excluding hydrogens is 364 g/mol. The van der Waals surface area contributed by atoms with Crippen molar-refractivity contribution in [1.29, 1.82) is 0 Å². The van der Waals surface area contributed by atoms with Crippen molar-refractivity contribution in [3.05, 3.63) is 46.5 Å². The van der Waals surface area contributed by atoms with Gasteiger partial charge in [0.2, 0.25) is 0 Å². The number of anilines is 1. The lowest BCUT2D eigenvalue weighted by molar-refractivity contribution is 0.0921. The standard InChI is InChI=1S/C20H23ClN4O2/c21-14-9-3-4-10-15(14)23-19(26)17-16-11-5-6-12-25(16)18(24-17)20(27)22-13-7-1-2-8-13/h3-4,9-10,13H,1-2,5-8,11-12H2,(H,22,27)(H,23,26). The molecule has 1 aromatic carbocycles. The highest BCUT2D eigenvalue weighted by Gasteiger charge is 2.29. The zero-order chi connectivity index (χ0) is 18.8. The topological polar surface area (TPSA) is 76.0 Å². The first-order chi connectivity index (χ1) is 13.1. The van der Waals surface area contributed by atoms with Crippen LogP contribution >= 0.6 is 11.6 Å². The van der Waals surface area contributed by atoms with Crippen molar-refractivity contribution >= 4 is 29.1 Å². The van der Waals surface area contributed by atoms with Crippen molar-refractivity contribution in [2.45, 2.75) is 57.5 Å². The molecule has 0 saturated heterocycles. The number of imidazole rings is 1. The zero-order valence-electron chi connectivity index (χ0n) is 15.1. The lowest BCUT2D eigenvalue weighted by Crippen LogP contribution is -2.35. The van der Waals surface area contributed by atoms with Gasteiger partial charge in [-0.2, -0.15) is 0 Å². The van der Waals surface area contributed by atoms with E-state index in [2.05, 4.69) is 15.6 Å². The quantitative estimate of drug-likeness (QED) is 0.839. The Kier molecular flexibility index (Phi) is 5.16. The molecule has 2 N–H and O–H groups in total. The molecule has 1 aromatic heterocycles. The normalized spacial score (nSPS) is 16.8. The van der Waals surface area contributed by atoms with Crippen LogP contribution in [0.1, 0.15) is 65.3 Å². The Balaban J connectivity index is 1.61. The van der Waals surface area contributed by atoms with E-state index in [1.807, 2.05) is 16.7 Å². The number of nitrogens with one attached hydrogen (secondary N) is 2. The smallest absolute Gasteiger partial charge is 0.287 e. The van der Waals surface area contributed by atoms with Gasteiger partial charge in [-0.15, -0.1) is 0 Å². The molecule has 142 valence electrons. The molecule has 7 heteroatoms. The Morgan fingerprint density at radius 1 is 1.07 bits per heavy atom. The van der Waals surface area contributed by atoms with Crippen LogP contribution in [-0.2, 0) is 13.0 Å². The van der Waals surface area contributed by atoms with Gasteiger partial charge in [0.1, 0.15) is 0 Å². The molecule has 0 atom stereocenters. The largest absolute Gasteiger partial charge is 0.347 e. The van der Waals surface area contributed by atoms with E-state index >= 15 is 0 Å². The van der Waals surface area contributed by atoms with Crippen LogP contribution in [0.4, 0.5) is 5.69 Å². The monoisotopic (exact) mass is 386 g/mol. The molecule has 2 aromatic rings. The highest BCUT2D eigenvalue weighted by atomic mass is 35.5. The van der Waals surface area contributed by atoms with E-state index in [0.717, 1.165) is 57.2 Å². The van der Waals surface area contributed by atoms with Crippen LogP contribution in [0.5, 0.6) is 0 Å². The molecule has 2 aliphatic rings. The summed E-state index contributed by atoms with van der Waals surface area (Å²) in [4.78, 5) is 30.1. The summed E-state index contributed by atoms with van der Waals surface area (Å²) in [6.07, 6.45) is 7.04. The Morgan fingerprint density at radius 2 is 1.85 bits per heavy atom. The summed E-state index contributed by atoms with van der Waals surface area (Å²) < 4.78 is 1.91. The van der Waals surface area contributed by atoms with Crippen molar-refractivity contribution < 1.29 is 9.59 Å². The van der Waals surface area contributed by atoms with Gasteiger partial charge < -0.3 is 15.2 Å². The molecular formula is C20H23ClN4O2. The second kappa shape index (κ2) is 7.72. The van der Waals surface area contributed by atoms with Gasteiger partial charge in [0.25, 0.3) is 11.8 Å². The molecule has 1 saturated carbocycles. The summed E-state index contributed by atoms with van der Waals surface area (Å²) in [5, 5.41) is 6.38. The first-order valence-corrected chi connectivity index (χ1v) is 9.97. The van der Waals surface area contributed by atoms with E-state index in [0.29, 0.717) is 22.2 Å². The molecule has 4 rings (SSSR count). The van der Waals surface area contributed by atoms with Gasteiger partial charge in [0.05, 0.1) is 16.4 Å². The maximum Gasteiger partial charge on any atom is 0.287 e. The van der Waals surface area contributed by atoms with Crippen LogP contribution in [0.3, 0.4) is 0 Å². The van der Waals surface area contributed by atoms with Gasteiger partial charge in [-0.3, -0.25) is 9.59 Å². The summed E-state index contributed by atoms with van der Waals surface area (Å²) in [6.45, 7) is 0.717. The fourth-order valence-electron chi connectivity index (χ4n) is 3.96. The van der Waals surface area contributed by atoms with E-state index in [4.69, 9.17) is 11.6 Å². The molecule has 0 spiro atoms. The number of aromatic nitrogens is 2. The second-order valence-electron chi connectivity index (χ2n) is 7.23. The van der Waals surface area contributed by atoms with Gasteiger partial charge in [-0.05, 0) is 44.2 Å². The highest BCUT2D eigenvalue weighted by Crippen LogP contribution is 2.25. The maximum atomic E-state index is 12.8. The minimum atomic E-state index is -0.325. The number of hydrogen-bond donors (Lipinski definition) is 2. The SMILES string of the molecule is O=C(Nc1ccccc1Cl)c1nc(C(=O)NC2CCCC2)n2c1CCCC2. The van der Waals surface area contributed by atoms with Crippen LogP contribution in [0.2, 0.25) is 5.02 Å². The Bertz CT molecular complexity index is 871. The Hall–Kier alpha value is -2.34. The Morgan fingerprint density at radius 3 is 2.63 bits per heavy atom. The summed E-state index contributed by atoms with van der Waals surface area (Å²) in [5.74, 6) is -0.156. The number of benzene rings is 1. The molecule has 6 nitrogen and oxygen atoms in total. The van der Waals surface area contributed by atoms with Crippen LogP contribution in [0.15, 0.2) is 24.3 Å². The third kappa shape index (κ3) is 3.72. The van der Waals surface area contributed by atoms with E-state index in [-0.39, 0.29) is 17.9 Å². The lowest BCUT2D eigenvalue weighted by atomic mass is 10.1. The highest BCUT2D eigenvalue weighted by molar-refractivity contribution is 6.33. The predicted octanol–water partition coefficient (Wildman–Crippen LogP) is 3.80. The number of hydrogen-bond acceptors (Lipinski definition) is 3. The molecule has 27 heavy (non-hydrogen) atoms. The van der Waals surface area contributed by atoms with Crippen molar-refractivity contribution in [2.75, 3.05) is 5.32 Å². The molecule has 2 amide bonds. The van der Waals surface area contributed by atoms with E-state index in [9.17, 15) is 9.59 Å². The van der Waals surface area contributed by atoms with Crippen molar-refractivity contribution in [3.63, 3.8) is 0 Å². The summed E-state index contributed by atoms with van der Waals surface area (Å²) in [6, 6.07) is 7.30. The second-order valence-corrected chi connectivity index (χ2v) is 7.64. The minimum Gasteiger partial charge on any atom is -0.347 e. The van der Waals surface area contributed by atoms with Gasteiger partial charge in [0, 0.05) is 12.6 Å². The van der Waals surface area contributed by atoms with Crippen molar-refractivity contribution in [1.82, 2.24) is 14.9 Å². The van der Waals surface area contributed by atoms with Gasteiger partial charge in [0.15, 0.2) is 11.5 Å². The molecule has 1 fully saturated rings. The number of amides is 2. The molecule has 2 heterocycles. The zero-order valence-corrected chi connectivity index (χ0v) is 15.9. The number of halogens is 1. The summed E-state index contributed by atoms with van der Waals surface area (Å²) in [5.41, 5.74) is 1.70. The van der Waals surface area contributed by atoms with E-state index in [1.54, 1.807) is 12.1 Å². The first kappa shape index (κ1) is 18.0. The number of nitrogens with zero attached hydrogens (tertiary/aromatic N) is 2. The van der Waals surface area contributed by atoms with E-state index in [1.165, 1.54) is 0 Å². The van der Waals surface area contributed by atoms with Crippen LogP contribution in [0, 0.1) is 0 Å². The third-order valence-corrected chi connectivity index (χ3v) is 5.68. The third-order valence-electron chi connectivity index (χ3n) is 5.35. The number of para-hydroxylation sites is 1. The van der Waals surface area contributed by atoms with Crippen LogP contribution in [-0.4, -0.2) is 27.4 Å². The van der Waals surface area contributed by atoms with Crippen molar-refractivity contribution in [2.24, 2.45) is 0 Å². The fraction of sp³-hybridized carbons (Fsp3) is 0.450. The molecule has 0 unspecified atom stereocenters. The minimum absolute atomic E-state index is 0.179. The average Bonchev–Trinajstić information content (AvgIpc) is 3.31. The molecule has 1 aliphatic heterocycles. The Labute approximate surface area is 163 Å². The maximum absolute atomic E-state index is 12.8. The van der Waals surface area contributed by atoms with Crippen LogP contribution in [0.25, 0.3) is 0 Å². The predicted molar refractivity (Wildman–Crippen MR) is 104 cm³/mol. The number of rotatable bonds is 4. The van der Waals surface area contributed by atoms with Crippen molar-refractivity contribution in [3.8, 4) is 0 Å². The van der Waals surface area contributed by atoms with Gasteiger partial charge in [-0.1, -0.05) is 36.6 Å². The molecule has 0 radical (unpaired) electrons. The summed E-state index contributed by atoms with van der Waals surface area (Å²) in [7, 11) is 0. The van der Waals surface area contributed by atoms with Gasteiger partial charge in [-0.25, -0.2) is 4.98 Å².